The molecule has 1 aromatic rings. The largest absolute Gasteiger partial charge is 0.368 e. The maximum absolute atomic E-state index is 5.97. The van der Waals surface area contributed by atoms with Gasteiger partial charge in [0.1, 0.15) is 0 Å². The highest BCUT2D eigenvalue weighted by molar-refractivity contribution is 6.17. The number of pyridine rings is 1. The summed E-state index contributed by atoms with van der Waals surface area (Å²) in [4.78, 5) is 9.08. The molecule has 0 bridgehead atoms. The molecule has 1 unspecified atom stereocenters. The second kappa shape index (κ2) is 5.69. The van der Waals surface area contributed by atoms with Gasteiger partial charge in [0, 0.05) is 49.3 Å². The number of halogens is 1. The summed E-state index contributed by atoms with van der Waals surface area (Å²) in [5.41, 5.74) is 2.38. The number of alkyl halides is 1. The molecule has 1 aromatic heterocycles. The maximum atomic E-state index is 5.97. The average Bonchev–Trinajstić information content (AvgIpc) is 2.38. The number of anilines is 1. The third kappa shape index (κ3) is 2.72. The second-order valence-corrected chi connectivity index (χ2v) is 4.83. The van der Waals surface area contributed by atoms with Crippen LogP contribution in [0.2, 0.25) is 0 Å². The smallest absolute Gasteiger partial charge is 0.0509 e. The number of likely N-dealkylation sites (N-methyl/N-ethyl adjacent to an activating group) is 1. The van der Waals surface area contributed by atoms with Crippen molar-refractivity contribution in [2.45, 2.75) is 25.8 Å². The van der Waals surface area contributed by atoms with Crippen LogP contribution in [0.4, 0.5) is 5.69 Å². The van der Waals surface area contributed by atoms with E-state index in [1.807, 2.05) is 12.4 Å². The molecule has 1 aliphatic rings. The van der Waals surface area contributed by atoms with Gasteiger partial charge in [0.05, 0.1) is 5.88 Å². The zero-order chi connectivity index (χ0) is 12.3. The topological polar surface area (TPSA) is 19.4 Å². The number of piperazine rings is 1. The molecule has 1 saturated heterocycles. The quantitative estimate of drug-likeness (QED) is 0.771. The molecule has 1 aliphatic heterocycles. The van der Waals surface area contributed by atoms with Crippen LogP contribution in [0, 0.1) is 0 Å². The molecule has 0 amide bonds. The van der Waals surface area contributed by atoms with Gasteiger partial charge in [0.15, 0.2) is 0 Å². The van der Waals surface area contributed by atoms with Crippen LogP contribution in [-0.2, 0) is 5.88 Å². The van der Waals surface area contributed by atoms with E-state index in [0.717, 1.165) is 31.7 Å². The molecule has 1 atom stereocenters. The Labute approximate surface area is 108 Å². The lowest BCUT2D eigenvalue weighted by Crippen LogP contribution is -2.51. The lowest BCUT2D eigenvalue weighted by Gasteiger charge is -2.41. The molecule has 3 nitrogen and oxygen atoms in total. The van der Waals surface area contributed by atoms with Crippen molar-refractivity contribution >= 4 is 17.3 Å². The van der Waals surface area contributed by atoms with Gasteiger partial charge in [0.2, 0.25) is 0 Å². The Morgan fingerprint density at radius 2 is 2.29 bits per heavy atom. The van der Waals surface area contributed by atoms with Crippen molar-refractivity contribution in [1.29, 1.82) is 0 Å². The van der Waals surface area contributed by atoms with Gasteiger partial charge in [-0.15, -0.1) is 11.6 Å². The molecule has 2 heterocycles. The van der Waals surface area contributed by atoms with Gasteiger partial charge in [-0.25, -0.2) is 0 Å². The summed E-state index contributed by atoms with van der Waals surface area (Å²) in [6.07, 6.45) is 3.72. The average molecular weight is 254 g/mol. The van der Waals surface area contributed by atoms with E-state index in [2.05, 4.69) is 34.7 Å². The van der Waals surface area contributed by atoms with Crippen LogP contribution in [0.15, 0.2) is 18.5 Å². The monoisotopic (exact) mass is 253 g/mol. The van der Waals surface area contributed by atoms with Crippen molar-refractivity contribution in [2.24, 2.45) is 0 Å². The lowest BCUT2D eigenvalue weighted by molar-refractivity contribution is 0.199. The Bertz CT molecular complexity index is 369. The number of nitrogens with zero attached hydrogens (tertiary/aromatic N) is 3. The van der Waals surface area contributed by atoms with E-state index >= 15 is 0 Å². The summed E-state index contributed by atoms with van der Waals surface area (Å²) >= 11 is 5.97. The summed E-state index contributed by atoms with van der Waals surface area (Å²) < 4.78 is 0. The molecule has 0 aromatic carbocycles. The highest BCUT2D eigenvalue weighted by Crippen LogP contribution is 2.23. The molecular weight excluding hydrogens is 234 g/mol. The fourth-order valence-electron chi connectivity index (χ4n) is 2.52. The van der Waals surface area contributed by atoms with E-state index in [9.17, 15) is 0 Å². The van der Waals surface area contributed by atoms with Crippen LogP contribution in [0.5, 0.6) is 0 Å². The van der Waals surface area contributed by atoms with Gasteiger partial charge in [-0.05, 0) is 19.5 Å². The van der Waals surface area contributed by atoms with Crippen molar-refractivity contribution in [1.82, 2.24) is 9.88 Å². The van der Waals surface area contributed by atoms with Crippen LogP contribution < -0.4 is 4.90 Å². The number of aromatic nitrogens is 1. The molecule has 1 fully saturated rings. The molecule has 4 heteroatoms. The molecule has 0 radical (unpaired) electrons. The second-order valence-electron chi connectivity index (χ2n) is 4.56. The molecule has 0 spiro atoms. The molecule has 0 saturated carbocycles. The standard InChI is InChI=1S/C13H20ClN3/c1-3-16-6-7-17(10-11(16)2)13-4-5-15-9-12(13)8-14/h4-5,9,11H,3,6-8,10H2,1-2H3. The van der Waals surface area contributed by atoms with E-state index < -0.39 is 0 Å². The van der Waals surface area contributed by atoms with Gasteiger partial charge in [0.25, 0.3) is 0 Å². The first-order chi connectivity index (χ1) is 8.26. The fourth-order valence-corrected chi connectivity index (χ4v) is 2.72. The Kier molecular flexibility index (Phi) is 4.24. The minimum absolute atomic E-state index is 0.533. The molecular formula is C13H20ClN3. The van der Waals surface area contributed by atoms with E-state index in [1.165, 1.54) is 5.69 Å². The summed E-state index contributed by atoms with van der Waals surface area (Å²) in [7, 11) is 0. The summed E-state index contributed by atoms with van der Waals surface area (Å²) in [6.45, 7) is 8.92. The first kappa shape index (κ1) is 12.7. The van der Waals surface area contributed by atoms with Gasteiger partial charge >= 0.3 is 0 Å². The third-order valence-corrected chi connectivity index (χ3v) is 3.82. The van der Waals surface area contributed by atoms with Crippen molar-refractivity contribution in [3.05, 3.63) is 24.0 Å². The fraction of sp³-hybridized carbons (Fsp3) is 0.615. The third-order valence-electron chi connectivity index (χ3n) is 3.53. The Morgan fingerprint density at radius 1 is 1.47 bits per heavy atom. The first-order valence-corrected chi connectivity index (χ1v) is 6.77. The summed E-state index contributed by atoms with van der Waals surface area (Å²) in [5.74, 6) is 0.533. The van der Waals surface area contributed by atoms with Gasteiger partial charge in [-0.2, -0.15) is 0 Å². The summed E-state index contributed by atoms with van der Waals surface area (Å²) in [6, 6.07) is 2.68. The van der Waals surface area contributed by atoms with Crippen molar-refractivity contribution < 1.29 is 0 Å². The highest BCUT2D eigenvalue weighted by atomic mass is 35.5. The molecule has 94 valence electrons. The van der Waals surface area contributed by atoms with Gasteiger partial charge in [-0.3, -0.25) is 9.88 Å². The predicted molar refractivity (Wildman–Crippen MR) is 72.7 cm³/mol. The van der Waals surface area contributed by atoms with Crippen LogP contribution in [-0.4, -0.2) is 42.1 Å². The highest BCUT2D eigenvalue weighted by Gasteiger charge is 2.23. The molecule has 2 rings (SSSR count). The van der Waals surface area contributed by atoms with E-state index in [1.54, 1.807) is 0 Å². The number of rotatable bonds is 3. The van der Waals surface area contributed by atoms with Crippen LogP contribution in [0.3, 0.4) is 0 Å². The van der Waals surface area contributed by atoms with Crippen molar-refractivity contribution in [2.75, 3.05) is 31.1 Å². The normalized spacial score (nSPS) is 21.8. The zero-order valence-corrected chi connectivity index (χ0v) is 11.3. The van der Waals surface area contributed by atoms with Crippen LogP contribution in [0.1, 0.15) is 19.4 Å². The maximum Gasteiger partial charge on any atom is 0.0509 e. The van der Waals surface area contributed by atoms with Gasteiger partial charge in [-0.1, -0.05) is 6.92 Å². The van der Waals surface area contributed by atoms with Gasteiger partial charge < -0.3 is 4.90 Å². The Hall–Kier alpha value is -0.800. The number of hydrogen-bond donors (Lipinski definition) is 0. The minimum atomic E-state index is 0.533. The Morgan fingerprint density at radius 3 is 2.94 bits per heavy atom. The number of hydrogen-bond acceptors (Lipinski definition) is 3. The van der Waals surface area contributed by atoms with Crippen LogP contribution in [0.25, 0.3) is 0 Å². The van der Waals surface area contributed by atoms with E-state index in [-0.39, 0.29) is 0 Å². The van der Waals surface area contributed by atoms with Crippen LogP contribution >= 0.6 is 11.6 Å². The molecule has 0 aliphatic carbocycles. The molecule has 0 N–H and O–H groups in total. The van der Waals surface area contributed by atoms with E-state index in [0.29, 0.717) is 11.9 Å². The van der Waals surface area contributed by atoms with E-state index in [4.69, 9.17) is 11.6 Å². The lowest BCUT2D eigenvalue weighted by atomic mass is 10.1. The zero-order valence-electron chi connectivity index (χ0n) is 10.6. The predicted octanol–water partition coefficient (Wildman–Crippen LogP) is 2.35. The van der Waals surface area contributed by atoms with Crippen molar-refractivity contribution in [3.63, 3.8) is 0 Å². The minimum Gasteiger partial charge on any atom is -0.368 e. The van der Waals surface area contributed by atoms with Crippen molar-refractivity contribution in [3.8, 4) is 0 Å². The summed E-state index contributed by atoms with van der Waals surface area (Å²) in [5, 5.41) is 0. The molecule has 17 heavy (non-hydrogen) atoms. The first-order valence-electron chi connectivity index (χ1n) is 6.24. The Balaban J connectivity index is 2.13. The SMILES string of the molecule is CCN1CCN(c2ccncc2CCl)CC1C.